The van der Waals surface area contributed by atoms with E-state index in [1.165, 1.54) is 0 Å². The van der Waals surface area contributed by atoms with Crippen molar-refractivity contribution in [3.05, 3.63) is 29.3 Å². The van der Waals surface area contributed by atoms with Crippen LogP contribution in [0.5, 0.6) is 5.75 Å². The number of nitrogens with zero attached hydrogens (tertiary/aromatic N) is 1. The topological polar surface area (TPSA) is 70.7 Å². The van der Waals surface area contributed by atoms with Gasteiger partial charge in [0.25, 0.3) is 0 Å². The molecule has 0 spiro atoms. The average Bonchev–Trinajstić information content (AvgIpc) is 2.47. The molecule has 22 heavy (non-hydrogen) atoms. The molecule has 122 valence electrons. The van der Waals surface area contributed by atoms with Crippen LogP contribution in [-0.2, 0) is 4.79 Å². The van der Waals surface area contributed by atoms with Gasteiger partial charge in [-0.15, -0.1) is 0 Å². The molecule has 0 fully saturated rings. The van der Waals surface area contributed by atoms with Gasteiger partial charge in [-0.1, -0.05) is 30.7 Å². The lowest BCUT2D eigenvalue weighted by Gasteiger charge is -2.16. The van der Waals surface area contributed by atoms with Crippen LogP contribution in [0.4, 0.5) is 4.79 Å². The Hall–Kier alpha value is -1.79. The van der Waals surface area contributed by atoms with Gasteiger partial charge in [-0.3, -0.25) is 15.0 Å². The van der Waals surface area contributed by atoms with E-state index in [1.54, 1.807) is 24.1 Å². The normalized spacial score (nSPS) is 10.4. The number of likely N-dealkylation sites (N-methyl/N-ethyl adjacent to an activating group) is 1. The summed E-state index contributed by atoms with van der Waals surface area (Å²) in [5.41, 5.74) is 0. The number of imide groups is 1. The Morgan fingerprint density at radius 2 is 2.05 bits per heavy atom. The molecule has 6 nitrogen and oxygen atoms in total. The maximum Gasteiger partial charge on any atom is 0.321 e. The molecule has 7 heteroatoms. The Bertz CT molecular complexity index is 497. The van der Waals surface area contributed by atoms with E-state index in [-0.39, 0.29) is 12.5 Å². The summed E-state index contributed by atoms with van der Waals surface area (Å²) in [4.78, 5) is 24.7. The summed E-state index contributed by atoms with van der Waals surface area (Å²) in [5.74, 6) is 0.259. The van der Waals surface area contributed by atoms with Crippen molar-refractivity contribution in [2.75, 3.05) is 33.3 Å². The van der Waals surface area contributed by atoms with Crippen LogP contribution >= 0.6 is 11.6 Å². The SMILES string of the molecule is CCCNC(=O)NC(=O)CN(C)CCOc1ccccc1Cl. The fraction of sp³-hybridized carbons (Fsp3) is 0.467. The summed E-state index contributed by atoms with van der Waals surface area (Å²) in [6, 6.07) is 6.74. The molecule has 2 N–H and O–H groups in total. The number of halogens is 1. The van der Waals surface area contributed by atoms with Crippen molar-refractivity contribution < 1.29 is 14.3 Å². The third-order valence-electron chi connectivity index (χ3n) is 2.77. The Labute approximate surface area is 135 Å². The monoisotopic (exact) mass is 327 g/mol. The third kappa shape index (κ3) is 7.28. The summed E-state index contributed by atoms with van der Waals surface area (Å²) in [5, 5.41) is 5.40. The average molecular weight is 328 g/mol. The van der Waals surface area contributed by atoms with E-state index in [0.717, 1.165) is 6.42 Å². The number of urea groups is 1. The summed E-state index contributed by atoms with van der Waals surface area (Å²) in [7, 11) is 1.78. The zero-order valence-corrected chi connectivity index (χ0v) is 13.7. The smallest absolute Gasteiger partial charge is 0.321 e. The van der Waals surface area contributed by atoms with Gasteiger partial charge in [-0.05, 0) is 25.6 Å². The van der Waals surface area contributed by atoms with Gasteiger partial charge in [0.1, 0.15) is 12.4 Å². The highest BCUT2D eigenvalue weighted by molar-refractivity contribution is 6.32. The molecule has 1 aromatic rings. The van der Waals surface area contributed by atoms with Crippen molar-refractivity contribution >= 4 is 23.5 Å². The number of hydrogen-bond donors (Lipinski definition) is 2. The minimum atomic E-state index is -0.465. The highest BCUT2D eigenvalue weighted by Crippen LogP contribution is 2.22. The fourth-order valence-electron chi connectivity index (χ4n) is 1.65. The first-order valence-electron chi connectivity index (χ1n) is 7.16. The van der Waals surface area contributed by atoms with E-state index in [1.807, 2.05) is 19.1 Å². The van der Waals surface area contributed by atoms with E-state index >= 15 is 0 Å². The van der Waals surface area contributed by atoms with Crippen molar-refractivity contribution in [1.82, 2.24) is 15.5 Å². The largest absolute Gasteiger partial charge is 0.491 e. The molecule has 1 rings (SSSR count). The second kappa shape index (κ2) is 10.0. The minimum Gasteiger partial charge on any atom is -0.491 e. The number of carbonyl (C=O) groups is 2. The second-order valence-electron chi connectivity index (χ2n) is 4.82. The van der Waals surface area contributed by atoms with Crippen molar-refractivity contribution in [2.45, 2.75) is 13.3 Å². The van der Waals surface area contributed by atoms with Crippen molar-refractivity contribution in [2.24, 2.45) is 0 Å². The molecule has 0 bridgehead atoms. The van der Waals surface area contributed by atoms with Gasteiger partial charge in [0.15, 0.2) is 0 Å². The Morgan fingerprint density at radius 1 is 1.32 bits per heavy atom. The van der Waals surface area contributed by atoms with Crippen LogP contribution in [0.3, 0.4) is 0 Å². The van der Waals surface area contributed by atoms with Crippen LogP contribution < -0.4 is 15.4 Å². The van der Waals surface area contributed by atoms with Gasteiger partial charge >= 0.3 is 6.03 Å². The van der Waals surface area contributed by atoms with Crippen molar-refractivity contribution in [3.8, 4) is 5.75 Å². The van der Waals surface area contributed by atoms with E-state index in [2.05, 4.69) is 10.6 Å². The number of nitrogens with one attached hydrogen (secondary N) is 2. The number of carbonyl (C=O) groups excluding carboxylic acids is 2. The maximum absolute atomic E-state index is 11.6. The molecular formula is C15H22ClN3O3. The lowest BCUT2D eigenvalue weighted by atomic mass is 10.3. The molecule has 0 heterocycles. The van der Waals surface area contributed by atoms with Crippen molar-refractivity contribution in [3.63, 3.8) is 0 Å². The van der Waals surface area contributed by atoms with E-state index in [0.29, 0.717) is 30.5 Å². The molecule has 0 aliphatic carbocycles. The molecule has 3 amide bonds. The van der Waals surface area contributed by atoms with Crippen LogP contribution in [0, 0.1) is 0 Å². The van der Waals surface area contributed by atoms with Gasteiger partial charge in [0, 0.05) is 13.1 Å². The molecule has 0 unspecified atom stereocenters. The minimum absolute atomic E-state index is 0.116. The standard InChI is InChI=1S/C15H22ClN3O3/c1-3-8-17-15(21)18-14(20)11-19(2)9-10-22-13-7-5-4-6-12(13)16/h4-7H,3,8-11H2,1-2H3,(H2,17,18,20,21). The molecule has 0 saturated heterocycles. The number of hydrogen-bond acceptors (Lipinski definition) is 4. The summed E-state index contributed by atoms with van der Waals surface area (Å²) in [6.07, 6.45) is 0.820. The second-order valence-corrected chi connectivity index (χ2v) is 5.23. The fourth-order valence-corrected chi connectivity index (χ4v) is 1.84. The van der Waals surface area contributed by atoms with Crippen LogP contribution in [0.1, 0.15) is 13.3 Å². The van der Waals surface area contributed by atoms with Crippen LogP contribution in [0.2, 0.25) is 5.02 Å². The first kappa shape index (κ1) is 18.3. The molecule has 0 aliphatic heterocycles. The highest BCUT2D eigenvalue weighted by Gasteiger charge is 2.10. The van der Waals surface area contributed by atoms with Gasteiger partial charge in [-0.25, -0.2) is 4.79 Å². The zero-order chi connectivity index (χ0) is 16.4. The lowest BCUT2D eigenvalue weighted by Crippen LogP contribution is -2.44. The van der Waals surface area contributed by atoms with Gasteiger partial charge in [0.05, 0.1) is 11.6 Å². The van der Waals surface area contributed by atoms with Crippen LogP contribution in [0.15, 0.2) is 24.3 Å². The van der Waals surface area contributed by atoms with E-state index < -0.39 is 6.03 Å². The predicted molar refractivity (Wildman–Crippen MR) is 86.3 cm³/mol. The molecule has 0 saturated carbocycles. The first-order valence-corrected chi connectivity index (χ1v) is 7.54. The van der Waals surface area contributed by atoms with Crippen molar-refractivity contribution in [1.29, 1.82) is 0 Å². The van der Waals surface area contributed by atoms with Gasteiger partial charge in [0.2, 0.25) is 5.91 Å². The maximum atomic E-state index is 11.6. The molecular weight excluding hydrogens is 306 g/mol. The lowest BCUT2D eigenvalue weighted by molar-refractivity contribution is -0.120. The van der Waals surface area contributed by atoms with E-state index in [4.69, 9.17) is 16.3 Å². The number of benzene rings is 1. The highest BCUT2D eigenvalue weighted by atomic mass is 35.5. The predicted octanol–water partition coefficient (Wildman–Crippen LogP) is 1.89. The zero-order valence-electron chi connectivity index (χ0n) is 12.9. The summed E-state index contributed by atoms with van der Waals surface area (Å²) < 4.78 is 5.54. The summed E-state index contributed by atoms with van der Waals surface area (Å²) >= 11 is 5.98. The van der Waals surface area contributed by atoms with Crippen LogP contribution in [-0.4, -0.2) is 50.1 Å². The number of rotatable bonds is 8. The number of amides is 3. The molecule has 0 aromatic heterocycles. The molecule has 1 aromatic carbocycles. The molecule has 0 radical (unpaired) electrons. The quantitative estimate of drug-likeness (QED) is 0.765. The summed E-state index contributed by atoms with van der Waals surface area (Å²) in [6.45, 7) is 3.53. The molecule has 0 aliphatic rings. The number of ether oxygens (including phenoxy) is 1. The van der Waals surface area contributed by atoms with Gasteiger partial charge < -0.3 is 10.1 Å². The molecule has 0 atom stereocenters. The first-order chi connectivity index (χ1) is 10.5. The van der Waals surface area contributed by atoms with E-state index in [9.17, 15) is 9.59 Å². The Balaban J connectivity index is 2.22. The number of para-hydroxylation sites is 1. The van der Waals surface area contributed by atoms with Crippen LogP contribution in [0.25, 0.3) is 0 Å². The third-order valence-corrected chi connectivity index (χ3v) is 3.08. The van der Waals surface area contributed by atoms with Gasteiger partial charge in [-0.2, -0.15) is 0 Å². The Morgan fingerprint density at radius 3 is 2.73 bits per heavy atom. The Kier molecular flexibility index (Phi) is 8.32.